The average Bonchev–Trinajstić information content (AvgIpc) is 2.52. The molecule has 118 valence electrons. The number of rotatable bonds is 8. The van der Waals surface area contributed by atoms with Crippen molar-refractivity contribution >= 4 is 12.1 Å². The summed E-state index contributed by atoms with van der Waals surface area (Å²) >= 11 is 0. The molecule has 22 heavy (non-hydrogen) atoms. The number of nitrogens with two attached hydrogens (primary N) is 1. The SMILES string of the molecule is C#Cc1cccc(COC(=O)NCCCCC(N)C(=O)O)c1. The maximum Gasteiger partial charge on any atom is 0.407 e. The molecule has 6 nitrogen and oxygen atoms in total. The van der Waals surface area contributed by atoms with Gasteiger partial charge in [-0.3, -0.25) is 4.79 Å². The minimum absolute atomic E-state index is 0.144. The van der Waals surface area contributed by atoms with Crippen molar-refractivity contribution in [3.8, 4) is 12.3 Å². The lowest BCUT2D eigenvalue weighted by molar-refractivity contribution is -0.138. The van der Waals surface area contributed by atoms with E-state index in [9.17, 15) is 9.59 Å². The molecule has 0 aliphatic heterocycles. The topological polar surface area (TPSA) is 102 Å². The van der Waals surface area contributed by atoms with E-state index in [1.165, 1.54) is 0 Å². The van der Waals surface area contributed by atoms with Gasteiger partial charge in [0.05, 0.1) is 0 Å². The summed E-state index contributed by atoms with van der Waals surface area (Å²) in [7, 11) is 0. The predicted octanol–water partition coefficient (Wildman–Crippen LogP) is 1.48. The largest absolute Gasteiger partial charge is 0.480 e. The Labute approximate surface area is 129 Å². The van der Waals surface area contributed by atoms with Crippen LogP contribution in [0.1, 0.15) is 30.4 Å². The molecule has 0 saturated carbocycles. The van der Waals surface area contributed by atoms with E-state index in [1.54, 1.807) is 18.2 Å². The van der Waals surface area contributed by atoms with Crippen molar-refractivity contribution in [3.63, 3.8) is 0 Å². The second-order valence-corrected chi connectivity index (χ2v) is 4.79. The van der Waals surface area contributed by atoms with Crippen LogP contribution in [0.15, 0.2) is 24.3 Å². The average molecular weight is 304 g/mol. The van der Waals surface area contributed by atoms with E-state index < -0.39 is 18.1 Å². The van der Waals surface area contributed by atoms with Crippen LogP contribution in [0.3, 0.4) is 0 Å². The molecule has 0 spiro atoms. The first kappa shape index (κ1) is 17.5. The monoisotopic (exact) mass is 304 g/mol. The van der Waals surface area contributed by atoms with E-state index in [-0.39, 0.29) is 6.61 Å². The van der Waals surface area contributed by atoms with Crippen molar-refractivity contribution in [3.05, 3.63) is 35.4 Å². The highest BCUT2D eigenvalue weighted by molar-refractivity contribution is 5.72. The van der Waals surface area contributed by atoms with Crippen LogP contribution in [0.5, 0.6) is 0 Å². The maximum atomic E-state index is 11.5. The summed E-state index contributed by atoms with van der Waals surface area (Å²) in [6.45, 7) is 0.556. The van der Waals surface area contributed by atoms with Gasteiger partial charge in [0.25, 0.3) is 0 Å². The number of unbranched alkanes of at least 4 members (excludes halogenated alkanes) is 1. The standard InChI is InChI=1S/C16H20N2O4/c1-2-12-6-5-7-13(10-12)11-22-16(21)18-9-4-3-8-14(17)15(19)20/h1,5-7,10,14H,3-4,8-9,11,17H2,(H,18,21)(H,19,20). The van der Waals surface area contributed by atoms with Crippen LogP contribution in [0.2, 0.25) is 0 Å². The van der Waals surface area contributed by atoms with Gasteiger partial charge in [-0.15, -0.1) is 6.42 Å². The molecular formula is C16H20N2O4. The van der Waals surface area contributed by atoms with Crippen LogP contribution >= 0.6 is 0 Å². The Morgan fingerprint density at radius 2 is 2.18 bits per heavy atom. The fourth-order valence-corrected chi connectivity index (χ4v) is 1.75. The zero-order valence-corrected chi connectivity index (χ0v) is 12.2. The summed E-state index contributed by atoms with van der Waals surface area (Å²) < 4.78 is 5.06. The molecular weight excluding hydrogens is 284 g/mol. The predicted molar refractivity (Wildman–Crippen MR) is 82.0 cm³/mol. The lowest BCUT2D eigenvalue weighted by atomic mass is 10.1. The molecule has 0 fully saturated rings. The number of hydrogen-bond donors (Lipinski definition) is 3. The number of carbonyl (C=O) groups excluding carboxylic acids is 1. The number of ether oxygens (including phenoxy) is 1. The summed E-state index contributed by atoms with van der Waals surface area (Å²) in [5.41, 5.74) is 6.92. The van der Waals surface area contributed by atoms with Crippen LogP contribution in [0.25, 0.3) is 0 Å². The van der Waals surface area contributed by atoms with Gasteiger partial charge in [-0.1, -0.05) is 18.1 Å². The lowest BCUT2D eigenvalue weighted by Gasteiger charge is -2.08. The smallest absolute Gasteiger partial charge is 0.407 e. The van der Waals surface area contributed by atoms with Gasteiger partial charge in [0, 0.05) is 12.1 Å². The van der Waals surface area contributed by atoms with Gasteiger partial charge < -0.3 is 20.9 Å². The normalized spacial score (nSPS) is 11.3. The Balaban J connectivity index is 2.16. The molecule has 1 atom stereocenters. The molecule has 6 heteroatoms. The van der Waals surface area contributed by atoms with Gasteiger partial charge in [0.15, 0.2) is 0 Å². The number of amides is 1. The number of carboxylic acids is 1. The van der Waals surface area contributed by atoms with Gasteiger partial charge >= 0.3 is 12.1 Å². The van der Waals surface area contributed by atoms with Crippen molar-refractivity contribution in [2.24, 2.45) is 5.73 Å². The fraction of sp³-hybridized carbons (Fsp3) is 0.375. The Morgan fingerprint density at radius 1 is 1.41 bits per heavy atom. The highest BCUT2D eigenvalue weighted by atomic mass is 16.5. The summed E-state index contributed by atoms with van der Waals surface area (Å²) in [5, 5.41) is 11.2. The molecule has 0 saturated heterocycles. The van der Waals surface area contributed by atoms with Gasteiger partial charge in [-0.2, -0.15) is 0 Å². The lowest BCUT2D eigenvalue weighted by Crippen LogP contribution is -2.30. The highest BCUT2D eigenvalue weighted by Crippen LogP contribution is 2.05. The Hall–Kier alpha value is -2.52. The molecule has 1 amide bonds. The molecule has 1 aromatic carbocycles. The van der Waals surface area contributed by atoms with Crippen molar-refractivity contribution in [2.45, 2.75) is 31.9 Å². The highest BCUT2D eigenvalue weighted by Gasteiger charge is 2.10. The number of nitrogens with one attached hydrogen (secondary N) is 1. The number of benzene rings is 1. The quantitative estimate of drug-likeness (QED) is 0.499. The summed E-state index contributed by atoms with van der Waals surface area (Å²) in [6.07, 6.45) is 6.42. The number of aliphatic carboxylic acids is 1. The van der Waals surface area contributed by atoms with Crippen LogP contribution in [-0.4, -0.2) is 29.8 Å². The number of carboxylic acid groups (broad SMARTS) is 1. The minimum Gasteiger partial charge on any atom is -0.480 e. The minimum atomic E-state index is -1.01. The van der Waals surface area contributed by atoms with E-state index in [0.717, 1.165) is 11.1 Å². The number of terminal acetylenes is 1. The second-order valence-electron chi connectivity index (χ2n) is 4.79. The third-order valence-electron chi connectivity index (χ3n) is 2.99. The summed E-state index contributed by atoms with van der Waals surface area (Å²) in [6, 6.07) is 6.35. The fourth-order valence-electron chi connectivity index (χ4n) is 1.75. The first-order chi connectivity index (χ1) is 10.5. The third kappa shape index (κ3) is 6.77. The van der Waals surface area contributed by atoms with Crippen molar-refractivity contribution < 1.29 is 19.4 Å². The zero-order chi connectivity index (χ0) is 16.4. The molecule has 0 radical (unpaired) electrons. The summed E-state index contributed by atoms with van der Waals surface area (Å²) in [4.78, 5) is 22.0. The van der Waals surface area contributed by atoms with Crippen LogP contribution in [0.4, 0.5) is 4.79 Å². The second kappa shape index (κ2) is 9.42. The van der Waals surface area contributed by atoms with Crippen molar-refractivity contribution in [1.29, 1.82) is 0 Å². The zero-order valence-electron chi connectivity index (χ0n) is 12.2. The van der Waals surface area contributed by atoms with E-state index in [4.69, 9.17) is 22.0 Å². The molecule has 1 unspecified atom stereocenters. The third-order valence-corrected chi connectivity index (χ3v) is 2.99. The Kier molecular flexibility index (Phi) is 7.51. The number of carbonyl (C=O) groups is 2. The molecule has 0 bridgehead atoms. The molecule has 1 rings (SSSR count). The van der Waals surface area contributed by atoms with E-state index in [2.05, 4.69) is 11.2 Å². The van der Waals surface area contributed by atoms with E-state index in [1.807, 2.05) is 6.07 Å². The van der Waals surface area contributed by atoms with E-state index in [0.29, 0.717) is 25.8 Å². The van der Waals surface area contributed by atoms with Gasteiger partial charge in [0.1, 0.15) is 12.6 Å². The first-order valence-electron chi connectivity index (χ1n) is 6.97. The maximum absolute atomic E-state index is 11.5. The van der Waals surface area contributed by atoms with Crippen LogP contribution in [-0.2, 0) is 16.1 Å². The summed E-state index contributed by atoms with van der Waals surface area (Å²) in [5.74, 6) is 1.50. The van der Waals surface area contributed by atoms with Gasteiger partial charge in [-0.05, 0) is 37.0 Å². The van der Waals surface area contributed by atoms with Crippen LogP contribution in [0, 0.1) is 12.3 Å². The Bertz CT molecular complexity index is 551. The molecule has 0 aliphatic carbocycles. The van der Waals surface area contributed by atoms with Gasteiger partial charge in [0.2, 0.25) is 0 Å². The Morgan fingerprint density at radius 3 is 2.86 bits per heavy atom. The van der Waals surface area contributed by atoms with Crippen molar-refractivity contribution in [2.75, 3.05) is 6.54 Å². The van der Waals surface area contributed by atoms with Crippen molar-refractivity contribution in [1.82, 2.24) is 5.32 Å². The molecule has 0 aliphatic rings. The first-order valence-corrected chi connectivity index (χ1v) is 6.97. The van der Waals surface area contributed by atoms with Crippen LogP contribution < -0.4 is 11.1 Å². The number of hydrogen-bond acceptors (Lipinski definition) is 4. The van der Waals surface area contributed by atoms with E-state index >= 15 is 0 Å². The molecule has 0 heterocycles. The van der Waals surface area contributed by atoms with Gasteiger partial charge in [-0.25, -0.2) is 4.79 Å². The number of alkyl carbamates (subject to hydrolysis) is 1. The molecule has 1 aromatic rings. The molecule has 0 aromatic heterocycles. The molecule has 4 N–H and O–H groups in total.